The minimum atomic E-state index is -4.55. The summed E-state index contributed by atoms with van der Waals surface area (Å²) in [5.41, 5.74) is 0.932. The first-order chi connectivity index (χ1) is 19.9. The Labute approximate surface area is 238 Å². The van der Waals surface area contributed by atoms with E-state index < -0.39 is 47.2 Å². The molecule has 0 saturated heterocycles. The lowest BCUT2D eigenvalue weighted by Gasteiger charge is -2.19. The van der Waals surface area contributed by atoms with Crippen LogP contribution in [0.2, 0.25) is 0 Å². The Morgan fingerprint density at radius 1 is 1.07 bits per heavy atom. The molecule has 0 fully saturated rings. The third kappa shape index (κ3) is 7.08. The van der Waals surface area contributed by atoms with Gasteiger partial charge in [-0.1, -0.05) is 12.1 Å². The zero-order valence-electron chi connectivity index (χ0n) is 22.2. The van der Waals surface area contributed by atoms with Crippen molar-refractivity contribution in [1.82, 2.24) is 19.4 Å². The fraction of sp³-hybridized carbons (Fsp3) is 0.259. The first kappa shape index (κ1) is 30.6. The summed E-state index contributed by atoms with van der Waals surface area (Å²) in [5, 5.41) is -0.130. The van der Waals surface area contributed by atoms with E-state index in [2.05, 4.69) is 9.97 Å². The summed E-state index contributed by atoms with van der Waals surface area (Å²) >= 11 is 0. The van der Waals surface area contributed by atoms with Crippen LogP contribution in [0.25, 0.3) is 11.0 Å². The molecule has 2 aromatic heterocycles. The number of fused-ring (bicyclic) bond motifs is 1. The van der Waals surface area contributed by atoms with Crippen molar-refractivity contribution < 1.29 is 45.2 Å². The van der Waals surface area contributed by atoms with E-state index in [1.807, 2.05) is 0 Å². The number of amides is 1. The van der Waals surface area contributed by atoms with E-state index in [1.54, 1.807) is 24.3 Å². The molecule has 0 spiro atoms. The molecule has 0 aliphatic carbocycles. The van der Waals surface area contributed by atoms with Gasteiger partial charge in [0.25, 0.3) is 0 Å². The summed E-state index contributed by atoms with van der Waals surface area (Å²) in [4.78, 5) is 35.3. The molecule has 2 aromatic carbocycles. The minimum Gasteiger partial charge on any atom is -0.484 e. The number of esters is 1. The van der Waals surface area contributed by atoms with Crippen LogP contribution in [-0.4, -0.2) is 68.6 Å². The van der Waals surface area contributed by atoms with Gasteiger partial charge in [0, 0.05) is 18.8 Å². The van der Waals surface area contributed by atoms with E-state index in [0.717, 1.165) is 16.7 Å². The molecule has 42 heavy (non-hydrogen) atoms. The molecule has 0 radical (unpaired) electrons. The van der Waals surface area contributed by atoms with Crippen molar-refractivity contribution in [3.05, 3.63) is 83.2 Å². The molecule has 222 valence electrons. The summed E-state index contributed by atoms with van der Waals surface area (Å²) in [6.45, 7) is -0.438. The number of halogens is 5. The van der Waals surface area contributed by atoms with E-state index >= 15 is 0 Å². The molecular formula is C27H23F5N4O5S. The third-order valence-electron chi connectivity index (χ3n) is 5.98. The Morgan fingerprint density at radius 2 is 1.81 bits per heavy atom. The second-order valence-corrected chi connectivity index (χ2v) is 10.3. The van der Waals surface area contributed by atoms with Crippen molar-refractivity contribution in [2.45, 2.75) is 24.0 Å². The fourth-order valence-electron chi connectivity index (χ4n) is 3.80. The van der Waals surface area contributed by atoms with Gasteiger partial charge in [0.05, 0.1) is 45.4 Å². The number of rotatable bonds is 9. The van der Waals surface area contributed by atoms with Crippen LogP contribution in [0.3, 0.4) is 0 Å². The third-order valence-corrected chi connectivity index (χ3v) is 7.20. The highest BCUT2D eigenvalue weighted by atomic mass is 32.2. The van der Waals surface area contributed by atoms with Gasteiger partial charge in [-0.15, -0.1) is 0 Å². The number of benzene rings is 2. The Hall–Kier alpha value is -4.40. The van der Waals surface area contributed by atoms with Crippen LogP contribution in [0.5, 0.6) is 5.75 Å². The Balaban J connectivity index is 1.51. The number of carbonyl (C=O) groups excluding carboxylic acids is 2. The lowest BCUT2D eigenvalue weighted by Crippen LogP contribution is -2.35. The molecule has 1 amide bonds. The minimum absolute atomic E-state index is 0.0726. The highest BCUT2D eigenvalue weighted by molar-refractivity contribution is 7.84. The monoisotopic (exact) mass is 610 g/mol. The molecule has 0 aliphatic rings. The highest BCUT2D eigenvalue weighted by Gasteiger charge is 2.29. The number of imidazole rings is 1. The van der Waals surface area contributed by atoms with Gasteiger partial charge in [-0.05, 0) is 43.3 Å². The summed E-state index contributed by atoms with van der Waals surface area (Å²) in [6, 6.07) is 9.66. The maximum absolute atomic E-state index is 13.5. The number of pyridine rings is 1. The molecule has 0 bridgehead atoms. The van der Waals surface area contributed by atoms with Crippen molar-refractivity contribution >= 4 is 33.8 Å². The first-order valence-corrected chi connectivity index (χ1v) is 13.5. The molecule has 9 nitrogen and oxygen atoms in total. The zero-order chi connectivity index (χ0) is 30.6. The summed E-state index contributed by atoms with van der Waals surface area (Å²) in [7, 11) is -0.580. The normalized spacial score (nSPS) is 12.3. The number of carbonyl (C=O) groups is 2. The Kier molecular flexibility index (Phi) is 9.19. The quantitative estimate of drug-likeness (QED) is 0.194. The van der Waals surface area contributed by atoms with Crippen LogP contribution in [0, 0.1) is 18.6 Å². The lowest BCUT2D eigenvalue weighted by atomic mass is 10.2. The molecule has 15 heteroatoms. The van der Waals surface area contributed by atoms with Gasteiger partial charge in [-0.2, -0.15) is 13.2 Å². The maximum Gasteiger partial charge on any atom is 0.422 e. The molecule has 0 N–H and O–H groups in total. The van der Waals surface area contributed by atoms with E-state index in [4.69, 9.17) is 9.47 Å². The molecule has 2 heterocycles. The lowest BCUT2D eigenvalue weighted by molar-refractivity contribution is -0.153. The van der Waals surface area contributed by atoms with Gasteiger partial charge in [0.2, 0.25) is 5.16 Å². The molecule has 4 rings (SSSR count). The van der Waals surface area contributed by atoms with Gasteiger partial charge in [0.1, 0.15) is 12.4 Å². The van der Waals surface area contributed by atoms with Gasteiger partial charge in [-0.3, -0.25) is 9.19 Å². The van der Waals surface area contributed by atoms with E-state index in [-0.39, 0.29) is 46.6 Å². The number of para-hydroxylation sites is 2. The van der Waals surface area contributed by atoms with Crippen molar-refractivity contribution in [3.63, 3.8) is 0 Å². The van der Waals surface area contributed by atoms with E-state index in [1.165, 1.54) is 31.1 Å². The zero-order valence-corrected chi connectivity index (χ0v) is 23.0. The van der Waals surface area contributed by atoms with Gasteiger partial charge < -0.3 is 14.4 Å². The predicted octanol–water partition coefficient (Wildman–Crippen LogP) is 5.02. The number of hydrogen-bond donors (Lipinski definition) is 0. The smallest absolute Gasteiger partial charge is 0.422 e. The second-order valence-electron chi connectivity index (χ2n) is 8.96. The number of nitrogens with zero attached hydrogens (tertiary/aromatic N) is 4. The predicted molar refractivity (Wildman–Crippen MR) is 140 cm³/mol. The SMILES string of the molecule is Cc1c(OCC(F)(F)F)ccnc1C[S@](=O)c1nc2ccccc2n1C(=O)N(C)CCOC(=O)c1ccc(F)c(F)c1. The van der Waals surface area contributed by atoms with Gasteiger partial charge in [0.15, 0.2) is 18.2 Å². The number of aromatic nitrogens is 3. The summed E-state index contributed by atoms with van der Waals surface area (Å²) in [5.74, 6) is -3.60. The van der Waals surface area contributed by atoms with Crippen molar-refractivity contribution in [2.24, 2.45) is 0 Å². The van der Waals surface area contributed by atoms with Crippen LogP contribution in [0.15, 0.2) is 59.9 Å². The molecule has 0 aliphatic heterocycles. The highest BCUT2D eigenvalue weighted by Crippen LogP contribution is 2.26. The Bertz CT molecular complexity index is 1660. The van der Waals surface area contributed by atoms with E-state index in [0.29, 0.717) is 17.1 Å². The van der Waals surface area contributed by atoms with Crippen LogP contribution in [0.4, 0.5) is 26.7 Å². The van der Waals surface area contributed by atoms with Gasteiger partial charge >= 0.3 is 18.2 Å². The average molecular weight is 611 g/mol. The molecule has 1 atom stereocenters. The summed E-state index contributed by atoms with van der Waals surface area (Å²) < 4.78 is 89.0. The van der Waals surface area contributed by atoms with Crippen LogP contribution in [0.1, 0.15) is 21.6 Å². The average Bonchev–Trinajstić information content (AvgIpc) is 3.33. The van der Waals surface area contributed by atoms with Crippen LogP contribution in [-0.2, 0) is 21.3 Å². The summed E-state index contributed by atoms with van der Waals surface area (Å²) in [6.07, 6.45) is -3.32. The van der Waals surface area contributed by atoms with Crippen LogP contribution >= 0.6 is 0 Å². The molecule has 4 aromatic rings. The molecule has 0 saturated carbocycles. The van der Waals surface area contributed by atoms with Crippen molar-refractivity contribution in [3.8, 4) is 5.75 Å². The first-order valence-electron chi connectivity index (χ1n) is 12.2. The molecule has 0 unspecified atom stereocenters. The van der Waals surface area contributed by atoms with Crippen molar-refractivity contribution in [2.75, 3.05) is 26.8 Å². The van der Waals surface area contributed by atoms with E-state index in [9.17, 15) is 35.8 Å². The Morgan fingerprint density at radius 3 is 2.52 bits per heavy atom. The topological polar surface area (TPSA) is 104 Å². The van der Waals surface area contributed by atoms with Crippen LogP contribution < -0.4 is 4.74 Å². The number of alkyl halides is 3. The standard InChI is InChI=1S/C27H23F5N4O5S/c1-16-21(33-10-9-23(16)41-15-27(30,31)32)14-42(39)25-34-20-5-3-4-6-22(20)36(25)26(38)35(2)11-12-40-24(37)17-7-8-18(28)19(29)13-17/h3-10,13H,11-12,14-15H2,1-2H3/t42-/m0/s1. The number of likely N-dealkylation sites (N-methyl/N-ethyl adjacent to an activating group) is 1. The van der Waals surface area contributed by atoms with Gasteiger partial charge in [-0.25, -0.2) is 27.9 Å². The maximum atomic E-state index is 13.5. The number of ether oxygens (including phenoxy) is 2. The number of hydrogen-bond acceptors (Lipinski definition) is 7. The molecular weight excluding hydrogens is 587 g/mol. The fourth-order valence-corrected chi connectivity index (χ4v) is 5.05. The van der Waals surface area contributed by atoms with Crippen molar-refractivity contribution in [1.29, 1.82) is 0 Å². The second kappa shape index (κ2) is 12.6. The largest absolute Gasteiger partial charge is 0.484 e.